The van der Waals surface area contributed by atoms with Crippen molar-refractivity contribution < 1.29 is 9.90 Å². The number of amides is 1. The van der Waals surface area contributed by atoms with E-state index in [1.54, 1.807) is 11.8 Å². The molecule has 7 heteroatoms. The number of carbonyl (C=O) groups excluding carboxylic acids is 1. The molecule has 18 heavy (non-hydrogen) atoms. The van der Waals surface area contributed by atoms with E-state index in [0.717, 1.165) is 0 Å². The summed E-state index contributed by atoms with van der Waals surface area (Å²) in [6.07, 6.45) is 1.38. The Balaban J connectivity index is 2.14. The van der Waals surface area contributed by atoms with Crippen molar-refractivity contribution in [3.05, 3.63) is 17.0 Å². The van der Waals surface area contributed by atoms with Gasteiger partial charge in [-0.15, -0.1) is 0 Å². The minimum atomic E-state index is -0.193. The van der Waals surface area contributed by atoms with Gasteiger partial charge in [0.2, 0.25) is 5.91 Å². The SMILES string of the molecule is CC(=O)N1CCN(c2ncnc(Cl)c2CO)CC1. The lowest BCUT2D eigenvalue weighted by Gasteiger charge is -2.35. The number of halogens is 1. The second kappa shape index (κ2) is 5.49. The van der Waals surface area contributed by atoms with Crippen LogP contribution in [0.3, 0.4) is 0 Å². The molecule has 1 amide bonds. The smallest absolute Gasteiger partial charge is 0.219 e. The van der Waals surface area contributed by atoms with Crippen LogP contribution in [0.2, 0.25) is 5.15 Å². The average molecular weight is 271 g/mol. The highest BCUT2D eigenvalue weighted by molar-refractivity contribution is 6.30. The van der Waals surface area contributed by atoms with Crippen LogP contribution in [0.5, 0.6) is 0 Å². The van der Waals surface area contributed by atoms with Gasteiger partial charge < -0.3 is 14.9 Å². The molecule has 1 N–H and O–H groups in total. The molecule has 2 rings (SSSR count). The summed E-state index contributed by atoms with van der Waals surface area (Å²) in [6, 6.07) is 0. The van der Waals surface area contributed by atoms with Crippen LogP contribution in [-0.4, -0.2) is 52.1 Å². The summed E-state index contributed by atoms with van der Waals surface area (Å²) in [5.74, 6) is 0.735. The molecule has 0 atom stereocenters. The first kappa shape index (κ1) is 13.0. The second-order valence-corrected chi connectivity index (χ2v) is 4.48. The van der Waals surface area contributed by atoms with E-state index in [1.165, 1.54) is 6.33 Å². The Kier molecular flexibility index (Phi) is 3.98. The third-order valence-electron chi connectivity index (χ3n) is 3.05. The zero-order chi connectivity index (χ0) is 13.1. The van der Waals surface area contributed by atoms with Crippen LogP contribution in [0, 0.1) is 0 Å². The Bertz CT molecular complexity index is 447. The molecule has 6 nitrogen and oxygen atoms in total. The number of hydrogen-bond acceptors (Lipinski definition) is 5. The lowest BCUT2D eigenvalue weighted by Crippen LogP contribution is -2.48. The summed E-state index contributed by atoms with van der Waals surface area (Å²) >= 11 is 5.93. The molecular formula is C11H15ClN4O2. The normalized spacial score (nSPS) is 15.9. The molecule has 2 heterocycles. The van der Waals surface area contributed by atoms with Crippen molar-refractivity contribution in [3.63, 3.8) is 0 Å². The minimum Gasteiger partial charge on any atom is -0.391 e. The summed E-state index contributed by atoms with van der Waals surface area (Å²) in [6.45, 7) is 4.04. The number of piperazine rings is 1. The van der Waals surface area contributed by atoms with E-state index in [1.807, 2.05) is 4.90 Å². The fourth-order valence-corrected chi connectivity index (χ4v) is 2.21. The van der Waals surface area contributed by atoms with Gasteiger partial charge in [0.1, 0.15) is 17.3 Å². The van der Waals surface area contributed by atoms with Crippen molar-refractivity contribution in [2.24, 2.45) is 0 Å². The quantitative estimate of drug-likeness (QED) is 0.783. The molecule has 0 radical (unpaired) electrons. The first-order chi connectivity index (χ1) is 8.63. The van der Waals surface area contributed by atoms with Crippen molar-refractivity contribution in [3.8, 4) is 0 Å². The van der Waals surface area contributed by atoms with E-state index in [9.17, 15) is 9.90 Å². The van der Waals surface area contributed by atoms with Gasteiger partial charge in [0.05, 0.1) is 12.2 Å². The maximum absolute atomic E-state index is 11.2. The van der Waals surface area contributed by atoms with Crippen molar-refractivity contribution in [2.75, 3.05) is 31.1 Å². The maximum Gasteiger partial charge on any atom is 0.219 e. The highest BCUT2D eigenvalue weighted by atomic mass is 35.5. The van der Waals surface area contributed by atoms with Crippen molar-refractivity contribution >= 4 is 23.3 Å². The molecule has 1 saturated heterocycles. The molecule has 1 aromatic rings. The zero-order valence-electron chi connectivity index (χ0n) is 10.1. The summed E-state index contributed by atoms with van der Waals surface area (Å²) in [5.41, 5.74) is 0.537. The average Bonchev–Trinajstić information content (AvgIpc) is 2.38. The van der Waals surface area contributed by atoms with Gasteiger partial charge in [-0.1, -0.05) is 11.6 Å². The van der Waals surface area contributed by atoms with Crippen molar-refractivity contribution in [1.82, 2.24) is 14.9 Å². The molecule has 0 bridgehead atoms. The van der Waals surface area contributed by atoms with Crippen LogP contribution < -0.4 is 4.90 Å². The standard InChI is InChI=1S/C11H15ClN4O2/c1-8(18)15-2-4-16(5-3-15)11-9(6-17)10(12)13-7-14-11/h7,17H,2-6H2,1H3. The molecule has 0 aliphatic carbocycles. The highest BCUT2D eigenvalue weighted by Gasteiger charge is 2.22. The number of carbonyl (C=O) groups is 1. The summed E-state index contributed by atoms with van der Waals surface area (Å²) in [4.78, 5) is 23.1. The summed E-state index contributed by atoms with van der Waals surface area (Å²) < 4.78 is 0. The Morgan fingerprint density at radius 3 is 2.61 bits per heavy atom. The van der Waals surface area contributed by atoms with Gasteiger partial charge >= 0.3 is 0 Å². The Labute approximate surface area is 110 Å². The third-order valence-corrected chi connectivity index (χ3v) is 3.38. The van der Waals surface area contributed by atoms with Crippen LogP contribution in [0.4, 0.5) is 5.82 Å². The number of nitrogens with zero attached hydrogens (tertiary/aromatic N) is 4. The Morgan fingerprint density at radius 2 is 2.06 bits per heavy atom. The van der Waals surface area contributed by atoms with E-state index in [-0.39, 0.29) is 17.7 Å². The van der Waals surface area contributed by atoms with E-state index >= 15 is 0 Å². The van der Waals surface area contributed by atoms with E-state index in [2.05, 4.69) is 9.97 Å². The number of aromatic nitrogens is 2. The van der Waals surface area contributed by atoms with Gasteiger partial charge in [-0.3, -0.25) is 4.79 Å². The fourth-order valence-electron chi connectivity index (χ4n) is 2.02. The van der Waals surface area contributed by atoms with Gasteiger partial charge in [0.25, 0.3) is 0 Å². The van der Waals surface area contributed by atoms with Crippen LogP contribution >= 0.6 is 11.6 Å². The molecule has 0 spiro atoms. The molecule has 1 aliphatic rings. The van der Waals surface area contributed by atoms with Gasteiger partial charge in [-0.05, 0) is 0 Å². The van der Waals surface area contributed by atoms with Gasteiger partial charge in [0.15, 0.2) is 0 Å². The van der Waals surface area contributed by atoms with Gasteiger partial charge in [-0.2, -0.15) is 0 Å². The van der Waals surface area contributed by atoms with E-state index in [0.29, 0.717) is 37.6 Å². The minimum absolute atomic E-state index is 0.0813. The molecule has 0 saturated carbocycles. The van der Waals surface area contributed by atoms with Gasteiger partial charge in [0, 0.05) is 33.1 Å². The molecule has 1 aliphatic heterocycles. The van der Waals surface area contributed by atoms with Crippen LogP contribution in [0.15, 0.2) is 6.33 Å². The molecule has 98 valence electrons. The predicted molar refractivity (Wildman–Crippen MR) is 67.4 cm³/mol. The molecule has 0 aromatic carbocycles. The Hall–Kier alpha value is -1.40. The first-order valence-corrected chi connectivity index (χ1v) is 6.12. The lowest BCUT2D eigenvalue weighted by atomic mass is 10.2. The number of hydrogen-bond donors (Lipinski definition) is 1. The summed E-state index contributed by atoms with van der Waals surface area (Å²) in [7, 11) is 0. The number of aliphatic hydroxyl groups is 1. The number of aliphatic hydroxyl groups excluding tert-OH is 1. The molecule has 0 unspecified atom stereocenters. The molecule has 1 aromatic heterocycles. The summed E-state index contributed by atoms with van der Waals surface area (Å²) in [5, 5.41) is 9.59. The fraction of sp³-hybridized carbons (Fsp3) is 0.545. The number of rotatable bonds is 2. The van der Waals surface area contributed by atoms with Crippen molar-refractivity contribution in [2.45, 2.75) is 13.5 Å². The van der Waals surface area contributed by atoms with E-state index in [4.69, 9.17) is 11.6 Å². The first-order valence-electron chi connectivity index (χ1n) is 5.74. The second-order valence-electron chi connectivity index (χ2n) is 4.12. The van der Waals surface area contributed by atoms with Gasteiger partial charge in [-0.25, -0.2) is 9.97 Å². The van der Waals surface area contributed by atoms with Crippen LogP contribution in [-0.2, 0) is 11.4 Å². The molecule has 1 fully saturated rings. The van der Waals surface area contributed by atoms with Crippen LogP contribution in [0.25, 0.3) is 0 Å². The third kappa shape index (κ3) is 2.54. The largest absolute Gasteiger partial charge is 0.391 e. The monoisotopic (exact) mass is 270 g/mol. The lowest BCUT2D eigenvalue weighted by molar-refractivity contribution is -0.129. The predicted octanol–water partition coefficient (Wildman–Crippen LogP) is 0.291. The Morgan fingerprint density at radius 1 is 1.39 bits per heavy atom. The number of anilines is 1. The van der Waals surface area contributed by atoms with E-state index < -0.39 is 0 Å². The highest BCUT2D eigenvalue weighted by Crippen LogP contribution is 2.24. The van der Waals surface area contributed by atoms with Crippen LogP contribution in [0.1, 0.15) is 12.5 Å². The topological polar surface area (TPSA) is 69.6 Å². The molecular weight excluding hydrogens is 256 g/mol. The maximum atomic E-state index is 11.2. The van der Waals surface area contributed by atoms with Crippen molar-refractivity contribution in [1.29, 1.82) is 0 Å². The zero-order valence-corrected chi connectivity index (χ0v) is 10.9.